The Bertz CT molecular complexity index is 415. The van der Waals surface area contributed by atoms with Crippen molar-refractivity contribution in [3.8, 4) is 0 Å². The van der Waals surface area contributed by atoms with Gasteiger partial charge in [-0.2, -0.15) is 0 Å². The van der Waals surface area contributed by atoms with Gasteiger partial charge in [-0.15, -0.1) is 0 Å². The molecule has 0 saturated heterocycles. The van der Waals surface area contributed by atoms with E-state index in [2.05, 4.69) is 0 Å². The highest BCUT2D eigenvalue weighted by Crippen LogP contribution is 2.24. The van der Waals surface area contributed by atoms with Crippen LogP contribution in [0.25, 0.3) is 0 Å². The average molecular weight is 266 g/mol. The van der Waals surface area contributed by atoms with Crippen molar-refractivity contribution in [3.05, 3.63) is 35.9 Å². The molecule has 1 aromatic rings. The Morgan fingerprint density at radius 3 is 2.11 bits per heavy atom. The second-order valence-corrected chi connectivity index (χ2v) is 4.04. The first-order valence-corrected chi connectivity index (χ1v) is 5.93. The Hall–Kier alpha value is -1.88. The fourth-order valence-electron chi connectivity index (χ4n) is 1.74. The van der Waals surface area contributed by atoms with Crippen molar-refractivity contribution < 1.29 is 23.8 Å². The van der Waals surface area contributed by atoms with E-state index >= 15 is 0 Å². The van der Waals surface area contributed by atoms with E-state index in [-0.39, 0.29) is 6.61 Å². The monoisotopic (exact) mass is 266 g/mol. The van der Waals surface area contributed by atoms with Gasteiger partial charge in [0.15, 0.2) is 12.2 Å². The molecule has 0 heterocycles. The Labute approximate surface area is 112 Å². The summed E-state index contributed by atoms with van der Waals surface area (Å²) in [5.41, 5.74) is 0.751. The SMILES string of the molecule is COC[C@@H](OC(C)=O)[C@H](OC(C)=O)c1ccccc1. The molecule has 0 aliphatic carbocycles. The summed E-state index contributed by atoms with van der Waals surface area (Å²) in [6, 6.07) is 9.11. The maximum atomic E-state index is 11.2. The first-order chi connectivity index (χ1) is 9.04. The molecule has 1 rings (SSSR count). The Morgan fingerprint density at radius 2 is 1.63 bits per heavy atom. The van der Waals surface area contributed by atoms with Crippen LogP contribution >= 0.6 is 0 Å². The highest BCUT2D eigenvalue weighted by atomic mass is 16.6. The topological polar surface area (TPSA) is 61.8 Å². The first-order valence-electron chi connectivity index (χ1n) is 5.93. The fraction of sp³-hybridized carbons (Fsp3) is 0.429. The van der Waals surface area contributed by atoms with Crippen molar-refractivity contribution in [2.45, 2.75) is 26.1 Å². The quantitative estimate of drug-likeness (QED) is 0.735. The Balaban J connectivity index is 2.98. The van der Waals surface area contributed by atoms with E-state index in [0.717, 1.165) is 5.56 Å². The number of carbonyl (C=O) groups is 2. The third-order valence-corrected chi connectivity index (χ3v) is 2.41. The lowest BCUT2D eigenvalue weighted by Crippen LogP contribution is -2.31. The van der Waals surface area contributed by atoms with Gasteiger partial charge in [0.1, 0.15) is 0 Å². The molecule has 0 aromatic heterocycles. The van der Waals surface area contributed by atoms with Crippen molar-refractivity contribution in [3.63, 3.8) is 0 Å². The summed E-state index contributed by atoms with van der Waals surface area (Å²) in [5.74, 6) is -0.891. The predicted molar refractivity (Wildman–Crippen MR) is 68.4 cm³/mol. The van der Waals surface area contributed by atoms with Crippen LogP contribution in [-0.2, 0) is 23.8 Å². The number of ether oxygens (including phenoxy) is 3. The zero-order valence-electron chi connectivity index (χ0n) is 11.3. The summed E-state index contributed by atoms with van der Waals surface area (Å²) in [7, 11) is 1.49. The molecule has 0 aliphatic rings. The molecule has 0 saturated carbocycles. The summed E-state index contributed by atoms with van der Waals surface area (Å²) in [6.07, 6.45) is -1.35. The van der Waals surface area contributed by atoms with Gasteiger partial charge in [-0.3, -0.25) is 9.59 Å². The van der Waals surface area contributed by atoms with Crippen molar-refractivity contribution in [2.75, 3.05) is 13.7 Å². The molecule has 2 atom stereocenters. The van der Waals surface area contributed by atoms with Gasteiger partial charge in [0.05, 0.1) is 6.61 Å². The minimum absolute atomic E-state index is 0.145. The normalized spacial score (nSPS) is 13.4. The standard InChI is InChI=1S/C14H18O5/c1-10(15)18-13(9-17-3)14(19-11(2)16)12-7-5-4-6-8-12/h4-8,13-14H,9H2,1-3H3/t13-,14-/m1/s1. The number of esters is 2. The molecule has 0 unspecified atom stereocenters. The van der Waals surface area contributed by atoms with Crippen LogP contribution in [0.3, 0.4) is 0 Å². The van der Waals surface area contributed by atoms with Gasteiger partial charge in [-0.1, -0.05) is 30.3 Å². The van der Waals surface area contributed by atoms with Gasteiger partial charge in [0.2, 0.25) is 0 Å². The second kappa shape index (κ2) is 7.53. The Kier molecular flexibility index (Phi) is 6.02. The van der Waals surface area contributed by atoms with E-state index in [1.165, 1.54) is 21.0 Å². The van der Waals surface area contributed by atoms with E-state index in [1.807, 2.05) is 18.2 Å². The van der Waals surface area contributed by atoms with E-state index in [9.17, 15) is 9.59 Å². The van der Waals surface area contributed by atoms with Gasteiger partial charge in [-0.05, 0) is 5.56 Å². The van der Waals surface area contributed by atoms with Crippen LogP contribution in [0.15, 0.2) is 30.3 Å². The molecule has 0 aliphatic heterocycles. The van der Waals surface area contributed by atoms with Crippen LogP contribution in [0, 0.1) is 0 Å². The summed E-state index contributed by atoms with van der Waals surface area (Å²) in [5, 5.41) is 0. The molecule has 0 fully saturated rings. The fourth-order valence-corrected chi connectivity index (χ4v) is 1.74. The molecule has 0 amide bonds. The number of hydrogen-bond acceptors (Lipinski definition) is 5. The molecule has 0 spiro atoms. The number of rotatable bonds is 6. The molecule has 104 valence electrons. The van der Waals surface area contributed by atoms with Crippen molar-refractivity contribution >= 4 is 11.9 Å². The maximum Gasteiger partial charge on any atom is 0.303 e. The summed E-state index contributed by atoms with van der Waals surface area (Å²) < 4.78 is 15.4. The minimum atomic E-state index is -0.678. The van der Waals surface area contributed by atoms with Crippen molar-refractivity contribution in [1.29, 1.82) is 0 Å². The summed E-state index contributed by atoms with van der Waals surface area (Å²) >= 11 is 0. The number of benzene rings is 1. The lowest BCUT2D eigenvalue weighted by atomic mass is 10.0. The molecule has 1 aromatic carbocycles. The lowest BCUT2D eigenvalue weighted by molar-refractivity contribution is -0.170. The van der Waals surface area contributed by atoms with E-state index < -0.39 is 24.1 Å². The zero-order valence-corrected chi connectivity index (χ0v) is 11.3. The summed E-state index contributed by atoms with van der Waals surface area (Å²) in [4.78, 5) is 22.4. The molecule has 0 bridgehead atoms. The first kappa shape index (κ1) is 15.2. The van der Waals surface area contributed by atoms with Gasteiger partial charge in [-0.25, -0.2) is 0 Å². The largest absolute Gasteiger partial charge is 0.456 e. The average Bonchev–Trinajstić information content (AvgIpc) is 2.36. The maximum absolute atomic E-state index is 11.2. The zero-order chi connectivity index (χ0) is 14.3. The van der Waals surface area contributed by atoms with Gasteiger partial charge in [0, 0.05) is 21.0 Å². The van der Waals surface area contributed by atoms with Gasteiger partial charge in [0.25, 0.3) is 0 Å². The van der Waals surface area contributed by atoms with Crippen molar-refractivity contribution in [1.82, 2.24) is 0 Å². The second-order valence-electron chi connectivity index (χ2n) is 4.04. The highest BCUT2D eigenvalue weighted by Gasteiger charge is 2.28. The predicted octanol–water partition coefficient (Wildman–Crippen LogP) is 1.87. The van der Waals surface area contributed by atoms with Crippen LogP contribution in [0.2, 0.25) is 0 Å². The van der Waals surface area contributed by atoms with Gasteiger partial charge < -0.3 is 14.2 Å². The minimum Gasteiger partial charge on any atom is -0.456 e. The van der Waals surface area contributed by atoms with Crippen LogP contribution in [0.1, 0.15) is 25.5 Å². The van der Waals surface area contributed by atoms with E-state index in [1.54, 1.807) is 12.1 Å². The highest BCUT2D eigenvalue weighted by molar-refractivity contribution is 5.67. The van der Waals surface area contributed by atoms with Crippen LogP contribution < -0.4 is 0 Å². The lowest BCUT2D eigenvalue weighted by Gasteiger charge is -2.26. The Morgan fingerprint density at radius 1 is 1.05 bits per heavy atom. The molecule has 0 N–H and O–H groups in total. The number of carbonyl (C=O) groups excluding carboxylic acids is 2. The molecular weight excluding hydrogens is 248 g/mol. The molecular formula is C14H18O5. The smallest absolute Gasteiger partial charge is 0.303 e. The molecule has 19 heavy (non-hydrogen) atoms. The van der Waals surface area contributed by atoms with Gasteiger partial charge >= 0.3 is 11.9 Å². The van der Waals surface area contributed by atoms with Crippen molar-refractivity contribution in [2.24, 2.45) is 0 Å². The molecule has 0 radical (unpaired) electrons. The van der Waals surface area contributed by atoms with Crippen LogP contribution in [0.4, 0.5) is 0 Å². The number of hydrogen-bond donors (Lipinski definition) is 0. The van der Waals surface area contributed by atoms with Crippen LogP contribution in [0.5, 0.6) is 0 Å². The third-order valence-electron chi connectivity index (χ3n) is 2.41. The molecule has 5 heteroatoms. The number of methoxy groups -OCH3 is 1. The van der Waals surface area contributed by atoms with E-state index in [4.69, 9.17) is 14.2 Å². The van der Waals surface area contributed by atoms with Crippen LogP contribution in [-0.4, -0.2) is 31.8 Å². The van der Waals surface area contributed by atoms with E-state index in [0.29, 0.717) is 0 Å². The summed E-state index contributed by atoms with van der Waals surface area (Å²) in [6.45, 7) is 2.76. The third kappa shape index (κ3) is 5.09. The molecule has 5 nitrogen and oxygen atoms in total.